The third kappa shape index (κ3) is 5.05. The van der Waals surface area contributed by atoms with Crippen molar-refractivity contribution in [3.05, 3.63) is 107 Å². The summed E-state index contributed by atoms with van der Waals surface area (Å²) < 4.78 is 46.8. The molecule has 8 heteroatoms. The van der Waals surface area contributed by atoms with Crippen LogP contribution in [0.5, 0.6) is 5.75 Å². The standard InChI is InChI=1S/C38H41F3N2O3/c1-25(2)24-43(33(44)15-14-27-10-6-12-29(22-27)38(39,40)41)30-16-18-37(45)32-23-28-11-7-13-31-34(28)36(37,35(30)46-31)19-21-42(32)20-17-26-8-4-3-5-9-26/h3-15,22,25,30,32,35,45H,16-21,23-24H2,1-2H3/t30-,32-,35+,36+,37-/m1/s1. The zero-order valence-corrected chi connectivity index (χ0v) is 26.3. The molecule has 3 aromatic carbocycles. The van der Waals surface area contributed by atoms with Crippen LogP contribution in [-0.2, 0) is 29.2 Å². The first kappa shape index (κ1) is 31.0. The van der Waals surface area contributed by atoms with Gasteiger partial charge in [0.15, 0.2) is 0 Å². The molecule has 2 bridgehead atoms. The lowest BCUT2D eigenvalue weighted by Gasteiger charge is -2.65. The summed E-state index contributed by atoms with van der Waals surface area (Å²) in [7, 11) is 0. The molecule has 1 saturated heterocycles. The summed E-state index contributed by atoms with van der Waals surface area (Å²) >= 11 is 0. The smallest absolute Gasteiger partial charge is 0.416 e. The van der Waals surface area contributed by atoms with E-state index in [1.807, 2.05) is 23.1 Å². The van der Waals surface area contributed by atoms with E-state index in [-0.39, 0.29) is 23.9 Å². The van der Waals surface area contributed by atoms with Crippen LogP contribution in [0.3, 0.4) is 0 Å². The number of hydrogen-bond donors (Lipinski definition) is 1. The molecule has 242 valence electrons. The van der Waals surface area contributed by atoms with Crippen LogP contribution in [0.2, 0.25) is 0 Å². The SMILES string of the molecule is CC(C)CN(C(=O)C=Cc1cccc(C(F)(F)F)c1)[C@@H]1CC[C@@]2(O)[C@H]3Cc4cccc5c4[C@@]2(CCN3CCc2ccccc2)[C@H]1O5. The van der Waals surface area contributed by atoms with E-state index in [0.717, 1.165) is 55.8 Å². The van der Waals surface area contributed by atoms with Crippen LogP contribution in [0.1, 0.15) is 60.9 Å². The van der Waals surface area contributed by atoms with Gasteiger partial charge in [0.05, 0.1) is 22.6 Å². The second kappa shape index (κ2) is 11.6. The van der Waals surface area contributed by atoms with Gasteiger partial charge in [-0.15, -0.1) is 0 Å². The number of likely N-dealkylation sites (tertiary alicyclic amines) is 1. The normalized spacial score (nSPS) is 28.3. The van der Waals surface area contributed by atoms with E-state index in [0.29, 0.717) is 24.9 Å². The van der Waals surface area contributed by atoms with E-state index in [2.05, 4.69) is 49.1 Å². The average Bonchev–Trinajstić information content (AvgIpc) is 3.37. The molecule has 4 aliphatic rings. The number of aliphatic hydroxyl groups is 1. The number of nitrogens with zero attached hydrogens (tertiary/aromatic N) is 2. The molecule has 0 aromatic heterocycles. The Morgan fingerprint density at radius 2 is 1.87 bits per heavy atom. The summed E-state index contributed by atoms with van der Waals surface area (Å²) in [6, 6.07) is 21.3. The Morgan fingerprint density at radius 1 is 1.09 bits per heavy atom. The Bertz CT molecular complexity index is 1640. The highest BCUT2D eigenvalue weighted by molar-refractivity contribution is 5.92. The zero-order valence-electron chi connectivity index (χ0n) is 26.3. The lowest BCUT2D eigenvalue weighted by molar-refractivity contribution is -0.201. The van der Waals surface area contributed by atoms with E-state index in [1.54, 1.807) is 6.07 Å². The fraction of sp³-hybridized carbons (Fsp3) is 0.447. The number of rotatable bonds is 8. The minimum Gasteiger partial charge on any atom is -0.487 e. The highest BCUT2D eigenvalue weighted by atomic mass is 19.4. The first-order valence-electron chi connectivity index (χ1n) is 16.5. The van der Waals surface area contributed by atoms with Crippen LogP contribution >= 0.6 is 0 Å². The molecule has 7 rings (SSSR count). The largest absolute Gasteiger partial charge is 0.487 e. The number of piperidine rings is 1. The Balaban J connectivity index is 1.21. The van der Waals surface area contributed by atoms with Gasteiger partial charge >= 0.3 is 6.18 Å². The van der Waals surface area contributed by atoms with Gasteiger partial charge in [0.1, 0.15) is 11.9 Å². The molecule has 1 N–H and O–H groups in total. The van der Waals surface area contributed by atoms with E-state index < -0.39 is 28.9 Å². The minimum absolute atomic E-state index is 0.0621. The fourth-order valence-electron chi connectivity index (χ4n) is 8.94. The highest BCUT2D eigenvalue weighted by Gasteiger charge is 2.73. The van der Waals surface area contributed by atoms with Crippen LogP contribution in [0, 0.1) is 5.92 Å². The van der Waals surface area contributed by atoms with Gasteiger partial charge < -0.3 is 14.7 Å². The van der Waals surface area contributed by atoms with Crippen molar-refractivity contribution >= 4 is 12.0 Å². The maximum absolute atomic E-state index is 14.0. The third-order valence-electron chi connectivity index (χ3n) is 10.8. The second-order valence-electron chi connectivity index (χ2n) is 13.9. The van der Waals surface area contributed by atoms with Crippen molar-refractivity contribution in [1.82, 2.24) is 9.80 Å². The van der Waals surface area contributed by atoms with Gasteiger partial charge in [-0.2, -0.15) is 13.2 Å². The second-order valence-corrected chi connectivity index (χ2v) is 13.9. The third-order valence-corrected chi connectivity index (χ3v) is 10.8. The number of ether oxygens (including phenoxy) is 1. The number of carbonyl (C=O) groups excluding carboxylic acids is 1. The molecule has 1 saturated carbocycles. The quantitative estimate of drug-likeness (QED) is 0.283. The number of alkyl halides is 3. The van der Waals surface area contributed by atoms with Crippen LogP contribution in [0.15, 0.2) is 78.9 Å². The Labute approximate surface area is 268 Å². The monoisotopic (exact) mass is 630 g/mol. The molecule has 3 aromatic rings. The van der Waals surface area contributed by atoms with Crippen molar-refractivity contribution in [3.8, 4) is 5.75 Å². The molecule has 2 heterocycles. The molecule has 5 atom stereocenters. The number of hydrogen-bond acceptors (Lipinski definition) is 4. The molecule has 5 nitrogen and oxygen atoms in total. The summed E-state index contributed by atoms with van der Waals surface area (Å²) in [5.41, 5.74) is 1.52. The summed E-state index contributed by atoms with van der Waals surface area (Å²) in [5.74, 6) is 0.702. The van der Waals surface area contributed by atoms with E-state index >= 15 is 0 Å². The number of amides is 1. The summed E-state index contributed by atoms with van der Waals surface area (Å²) in [4.78, 5) is 18.3. The van der Waals surface area contributed by atoms with Crippen LogP contribution in [0.25, 0.3) is 6.08 Å². The van der Waals surface area contributed by atoms with Gasteiger partial charge in [-0.3, -0.25) is 9.69 Å². The predicted octanol–water partition coefficient (Wildman–Crippen LogP) is 6.67. The van der Waals surface area contributed by atoms with Gasteiger partial charge in [0.2, 0.25) is 5.91 Å². The maximum Gasteiger partial charge on any atom is 0.416 e. The van der Waals surface area contributed by atoms with Gasteiger partial charge in [-0.1, -0.05) is 68.4 Å². The van der Waals surface area contributed by atoms with Crippen LogP contribution in [0.4, 0.5) is 13.2 Å². The summed E-state index contributed by atoms with van der Waals surface area (Å²) in [5, 5.41) is 12.9. The van der Waals surface area contributed by atoms with Crippen molar-refractivity contribution in [1.29, 1.82) is 0 Å². The van der Waals surface area contributed by atoms with E-state index in [9.17, 15) is 23.1 Å². The number of halogens is 3. The average molecular weight is 631 g/mol. The molecule has 2 aliphatic carbocycles. The van der Waals surface area contributed by atoms with Gasteiger partial charge in [0, 0.05) is 30.8 Å². The molecular formula is C38H41F3N2O3. The fourth-order valence-corrected chi connectivity index (χ4v) is 8.94. The van der Waals surface area contributed by atoms with Crippen LogP contribution in [-0.4, -0.2) is 64.2 Å². The van der Waals surface area contributed by atoms with Gasteiger partial charge in [-0.05, 0) is 85.5 Å². The van der Waals surface area contributed by atoms with Crippen molar-refractivity contribution in [3.63, 3.8) is 0 Å². The van der Waals surface area contributed by atoms with E-state index in [4.69, 9.17) is 4.74 Å². The van der Waals surface area contributed by atoms with Crippen LogP contribution < -0.4 is 4.74 Å². The van der Waals surface area contributed by atoms with Gasteiger partial charge in [0.25, 0.3) is 0 Å². The molecule has 2 aliphatic heterocycles. The van der Waals surface area contributed by atoms with Crippen molar-refractivity contribution in [2.24, 2.45) is 5.92 Å². The molecule has 46 heavy (non-hydrogen) atoms. The molecule has 0 radical (unpaired) electrons. The Hall–Kier alpha value is -3.62. The molecule has 0 unspecified atom stereocenters. The van der Waals surface area contributed by atoms with Crippen molar-refractivity contribution < 1.29 is 27.8 Å². The zero-order chi connectivity index (χ0) is 32.3. The number of carbonyl (C=O) groups is 1. The lowest BCUT2D eigenvalue weighted by Crippen LogP contribution is -2.78. The molecule has 1 spiro atoms. The predicted molar refractivity (Wildman–Crippen MR) is 171 cm³/mol. The first-order valence-corrected chi connectivity index (χ1v) is 16.5. The molecule has 1 amide bonds. The van der Waals surface area contributed by atoms with Crippen molar-refractivity contribution in [2.75, 3.05) is 19.6 Å². The molecular weight excluding hydrogens is 589 g/mol. The number of benzene rings is 3. The maximum atomic E-state index is 14.0. The van der Waals surface area contributed by atoms with E-state index in [1.165, 1.54) is 29.3 Å². The van der Waals surface area contributed by atoms with Gasteiger partial charge in [-0.25, -0.2) is 0 Å². The molecule has 2 fully saturated rings. The summed E-state index contributed by atoms with van der Waals surface area (Å²) in [6.45, 7) is 6.26. The Kier molecular flexibility index (Phi) is 7.80. The highest BCUT2D eigenvalue weighted by Crippen LogP contribution is 2.64. The minimum atomic E-state index is -4.46. The summed E-state index contributed by atoms with van der Waals surface area (Å²) in [6.07, 6.45) is 1.47. The topological polar surface area (TPSA) is 53.0 Å². The Morgan fingerprint density at radius 3 is 2.63 bits per heavy atom. The first-order chi connectivity index (χ1) is 22.0. The van der Waals surface area contributed by atoms with Crippen molar-refractivity contribution in [2.45, 2.75) is 81.3 Å². The lowest BCUT2D eigenvalue weighted by atomic mass is 9.48.